The van der Waals surface area contributed by atoms with Crippen LogP contribution in [0.15, 0.2) is 12.4 Å². The molecule has 0 bridgehead atoms. The van der Waals surface area contributed by atoms with E-state index in [1.54, 1.807) is 0 Å². The molecule has 2 heterocycles. The molecule has 0 spiro atoms. The lowest BCUT2D eigenvalue weighted by Crippen LogP contribution is -2.24. The molecule has 0 atom stereocenters. The molecule has 1 aromatic rings. The standard InChI is InChI=1S/C9H13N3/c1-7(2)12-5-8-3-10-11-4-9(8)6-12/h3-4,7H,5-6H2,1-2H3. The van der Waals surface area contributed by atoms with Crippen LogP contribution in [-0.2, 0) is 13.1 Å². The molecule has 0 saturated heterocycles. The van der Waals surface area contributed by atoms with Gasteiger partial charge in [-0.05, 0) is 25.0 Å². The summed E-state index contributed by atoms with van der Waals surface area (Å²) >= 11 is 0. The van der Waals surface area contributed by atoms with E-state index in [9.17, 15) is 0 Å². The summed E-state index contributed by atoms with van der Waals surface area (Å²) in [6.07, 6.45) is 3.75. The quantitative estimate of drug-likeness (QED) is 0.623. The second-order valence-corrected chi connectivity index (χ2v) is 3.54. The molecule has 0 N–H and O–H groups in total. The topological polar surface area (TPSA) is 29.0 Å². The Morgan fingerprint density at radius 1 is 1.17 bits per heavy atom. The molecule has 12 heavy (non-hydrogen) atoms. The van der Waals surface area contributed by atoms with Gasteiger partial charge in [-0.15, -0.1) is 0 Å². The van der Waals surface area contributed by atoms with Gasteiger partial charge in [0.15, 0.2) is 0 Å². The van der Waals surface area contributed by atoms with Gasteiger partial charge < -0.3 is 0 Å². The van der Waals surface area contributed by atoms with E-state index < -0.39 is 0 Å². The van der Waals surface area contributed by atoms with Crippen molar-refractivity contribution in [2.45, 2.75) is 33.0 Å². The molecule has 0 unspecified atom stereocenters. The van der Waals surface area contributed by atoms with Crippen LogP contribution in [-0.4, -0.2) is 21.1 Å². The highest BCUT2D eigenvalue weighted by Crippen LogP contribution is 2.21. The van der Waals surface area contributed by atoms with Crippen molar-refractivity contribution in [3.63, 3.8) is 0 Å². The van der Waals surface area contributed by atoms with E-state index >= 15 is 0 Å². The number of hydrogen-bond acceptors (Lipinski definition) is 3. The van der Waals surface area contributed by atoms with Gasteiger partial charge in [0.05, 0.1) is 12.4 Å². The molecule has 0 radical (unpaired) electrons. The minimum absolute atomic E-state index is 0.609. The average Bonchev–Trinajstić information content (AvgIpc) is 2.46. The monoisotopic (exact) mass is 163 g/mol. The minimum Gasteiger partial charge on any atom is -0.292 e. The Labute approximate surface area is 72.4 Å². The van der Waals surface area contributed by atoms with Gasteiger partial charge >= 0.3 is 0 Å². The molecule has 0 saturated carbocycles. The first-order valence-corrected chi connectivity index (χ1v) is 4.30. The van der Waals surface area contributed by atoms with Gasteiger partial charge in [0.2, 0.25) is 0 Å². The Morgan fingerprint density at radius 3 is 2.08 bits per heavy atom. The molecule has 64 valence electrons. The Bertz CT molecular complexity index is 258. The van der Waals surface area contributed by atoms with Crippen molar-refractivity contribution >= 4 is 0 Å². The molecule has 1 aliphatic heterocycles. The summed E-state index contributed by atoms with van der Waals surface area (Å²) in [5, 5.41) is 7.75. The largest absolute Gasteiger partial charge is 0.292 e. The molecule has 0 fully saturated rings. The third-order valence-electron chi connectivity index (χ3n) is 2.38. The van der Waals surface area contributed by atoms with Gasteiger partial charge in [-0.1, -0.05) is 0 Å². The third-order valence-corrected chi connectivity index (χ3v) is 2.38. The van der Waals surface area contributed by atoms with Gasteiger partial charge in [0.25, 0.3) is 0 Å². The molecule has 3 nitrogen and oxygen atoms in total. The summed E-state index contributed by atoms with van der Waals surface area (Å²) in [5.41, 5.74) is 2.66. The van der Waals surface area contributed by atoms with Crippen molar-refractivity contribution in [2.24, 2.45) is 0 Å². The van der Waals surface area contributed by atoms with Crippen LogP contribution in [0.4, 0.5) is 0 Å². The van der Waals surface area contributed by atoms with E-state index in [0.29, 0.717) is 6.04 Å². The van der Waals surface area contributed by atoms with Gasteiger partial charge in [0.1, 0.15) is 0 Å². The van der Waals surface area contributed by atoms with Crippen LogP contribution < -0.4 is 0 Å². The molecule has 1 aromatic heterocycles. The SMILES string of the molecule is CC(C)N1Cc2cnncc2C1. The summed E-state index contributed by atoms with van der Waals surface area (Å²) in [6.45, 7) is 6.49. The minimum atomic E-state index is 0.609. The van der Waals surface area contributed by atoms with Gasteiger partial charge in [-0.2, -0.15) is 10.2 Å². The molecular weight excluding hydrogens is 150 g/mol. The van der Waals surface area contributed by atoms with E-state index in [-0.39, 0.29) is 0 Å². The van der Waals surface area contributed by atoms with E-state index in [0.717, 1.165) is 13.1 Å². The van der Waals surface area contributed by atoms with E-state index in [1.165, 1.54) is 11.1 Å². The number of nitrogens with zero attached hydrogens (tertiary/aromatic N) is 3. The highest BCUT2D eigenvalue weighted by atomic mass is 15.2. The van der Waals surface area contributed by atoms with Crippen molar-refractivity contribution in [1.82, 2.24) is 15.1 Å². The van der Waals surface area contributed by atoms with Gasteiger partial charge in [-0.3, -0.25) is 4.90 Å². The smallest absolute Gasteiger partial charge is 0.0544 e. The molecule has 0 aliphatic carbocycles. The first kappa shape index (κ1) is 7.68. The van der Waals surface area contributed by atoms with Crippen molar-refractivity contribution in [3.8, 4) is 0 Å². The van der Waals surface area contributed by atoms with Crippen molar-refractivity contribution < 1.29 is 0 Å². The zero-order chi connectivity index (χ0) is 8.55. The second kappa shape index (κ2) is 2.83. The highest BCUT2D eigenvalue weighted by molar-refractivity contribution is 5.24. The van der Waals surface area contributed by atoms with Crippen LogP contribution in [0, 0.1) is 0 Å². The Hall–Kier alpha value is -0.960. The number of rotatable bonds is 1. The summed E-state index contributed by atoms with van der Waals surface area (Å²) < 4.78 is 0. The van der Waals surface area contributed by atoms with Crippen LogP contribution in [0.1, 0.15) is 25.0 Å². The number of fused-ring (bicyclic) bond motifs is 1. The fraction of sp³-hybridized carbons (Fsp3) is 0.556. The molecule has 0 aromatic carbocycles. The van der Waals surface area contributed by atoms with Crippen LogP contribution in [0.25, 0.3) is 0 Å². The maximum Gasteiger partial charge on any atom is 0.0544 e. The molecule has 3 heteroatoms. The fourth-order valence-electron chi connectivity index (χ4n) is 1.52. The normalized spacial score (nSPS) is 16.9. The lowest BCUT2D eigenvalue weighted by Gasteiger charge is -2.18. The van der Waals surface area contributed by atoms with Crippen LogP contribution in [0.3, 0.4) is 0 Å². The maximum atomic E-state index is 3.87. The fourth-order valence-corrected chi connectivity index (χ4v) is 1.52. The molecule has 2 rings (SSSR count). The first-order chi connectivity index (χ1) is 5.77. The van der Waals surface area contributed by atoms with Crippen molar-refractivity contribution in [1.29, 1.82) is 0 Å². The van der Waals surface area contributed by atoms with Crippen LogP contribution in [0.2, 0.25) is 0 Å². The zero-order valence-electron chi connectivity index (χ0n) is 7.49. The lowest BCUT2D eigenvalue weighted by molar-refractivity contribution is 0.227. The first-order valence-electron chi connectivity index (χ1n) is 4.30. The zero-order valence-corrected chi connectivity index (χ0v) is 7.49. The number of aromatic nitrogens is 2. The Morgan fingerprint density at radius 2 is 1.67 bits per heavy atom. The summed E-state index contributed by atoms with van der Waals surface area (Å²) in [5.74, 6) is 0. The van der Waals surface area contributed by atoms with Gasteiger partial charge in [0, 0.05) is 19.1 Å². The van der Waals surface area contributed by atoms with E-state index in [4.69, 9.17) is 0 Å². The van der Waals surface area contributed by atoms with E-state index in [2.05, 4.69) is 28.9 Å². The Balaban J connectivity index is 2.22. The molecule has 1 aliphatic rings. The second-order valence-electron chi connectivity index (χ2n) is 3.54. The van der Waals surface area contributed by atoms with E-state index in [1.807, 2.05) is 12.4 Å². The summed E-state index contributed by atoms with van der Waals surface area (Å²) in [6, 6.07) is 0.609. The maximum absolute atomic E-state index is 3.87. The molecular formula is C9H13N3. The molecule has 0 amide bonds. The summed E-state index contributed by atoms with van der Waals surface area (Å²) in [4.78, 5) is 2.41. The predicted molar refractivity (Wildman–Crippen MR) is 46.4 cm³/mol. The Kier molecular flexibility index (Phi) is 1.81. The lowest BCUT2D eigenvalue weighted by atomic mass is 10.2. The van der Waals surface area contributed by atoms with Crippen LogP contribution >= 0.6 is 0 Å². The summed E-state index contributed by atoms with van der Waals surface area (Å²) in [7, 11) is 0. The predicted octanol–water partition coefficient (Wildman–Crippen LogP) is 1.20. The van der Waals surface area contributed by atoms with Gasteiger partial charge in [-0.25, -0.2) is 0 Å². The van der Waals surface area contributed by atoms with Crippen molar-refractivity contribution in [3.05, 3.63) is 23.5 Å². The third kappa shape index (κ3) is 1.20. The van der Waals surface area contributed by atoms with Crippen molar-refractivity contribution in [2.75, 3.05) is 0 Å². The number of hydrogen-bond donors (Lipinski definition) is 0. The van der Waals surface area contributed by atoms with Crippen LogP contribution in [0.5, 0.6) is 0 Å². The highest BCUT2D eigenvalue weighted by Gasteiger charge is 2.20. The average molecular weight is 163 g/mol.